The van der Waals surface area contributed by atoms with Gasteiger partial charge in [-0.25, -0.2) is 4.98 Å². The van der Waals surface area contributed by atoms with Gasteiger partial charge in [0.25, 0.3) is 5.69 Å². The summed E-state index contributed by atoms with van der Waals surface area (Å²) >= 11 is 1.31. The molecule has 2 heterocycles. The van der Waals surface area contributed by atoms with Crippen LogP contribution in [0, 0.1) is 17.0 Å². The lowest BCUT2D eigenvalue weighted by molar-refractivity contribution is -0.385. The van der Waals surface area contributed by atoms with Gasteiger partial charge in [-0.1, -0.05) is 51.5 Å². The highest BCUT2D eigenvalue weighted by Gasteiger charge is 2.19. The Hall–Kier alpha value is -3.30. The van der Waals surface area contributed by atoms with Gasteiger partial charge in [-0.05, 0) is 42.8 Å². The van der Waals surface area contributed by atoms with Crippen LogP contribution in [0.15, 0.2) is 65.7 Å². The van der Waals surface area contributed by atoms with Crippen LogP contribution in [0.1, 0.15) is 38.8 Å². The number of benzene rings is 2. The second kappa shape index (κ2) is 15.7. The zero-order valence-electron chi connectivity index (χ0n) is 22.6. The summed E-state index contributed by atoms with van der Waals surface area (Å²) in [5, 5.41) is 10.8. The number of methoxy groups -OCH3 is 1. The topological polar surface area (TPSA) is 81.0 Å². The second-order valence-electron chi connectivity index (χ2n) is 7.86. The van der Waals surface area contributed by atoms with Crippen LogP contribution in [-0.4, -0.2) is 48.1 Å². The maximum Gasteiger partial charge on any atom is 0.287 e. The van der Waals surface area contributed by atoms with Crippen LogP contribution < -0.4 is 13.8 Å². The molecule has 1 aromatic heterocycles. The molecular formula is C28H38N4O4S. The molecule has 0 spiro atoms. The van der Waals surface area contributed by atoms with E-state index < -0.39 is 4.92 Å². The first-order valence-corrected chi connectivity index (χ1v) is 13.4. The molecular weight excluding hydrogens is 488 g/mol. The largest absolute Gasteiger partial charge is 0.493 e. The summed E-state index contributed by atoms with van der Waals surface area (Å²) in [6.07, 6.45) is 1.31. The highest BCUT2D eigenvalue weighted by molar-refractivity contribution is 7.95. The standard InChI is InChI=1S/C24H26N4O4S.2C2H6/c1-18-3-7-21(8-4-18)33-32-22-9-5-19(15-23(22)31-2)17-26-11-13-27(14-12-26)24-10-6-20(16-25-24)28(29)30;2*1-2/h3-10,15-16H,11-14,17H2,1-2H3;2*1-2H3. The second-order valence-corrected chi connectivity index (χ2v) is 8.66. The van der Waals surface area contributed by atoms with Crippen LogP contribution >= 0.6 is 12.0 Å². The van der Waals surface area contributed by atoms with Crippen LogP contribution in [0.4, 0.5) is 11.5 Å². The molecule has 200 valence electrons. The quantitative estimate of drug-likeness (QED) is 0.181. The minimum absolute atomic E-state index is 0.0102. The normalized spacial score (nSPS) is 13.0. The van der Waals surface area contributed by atoms with E-state index in [1.165, 1.54) is 29.9 Å². The smallest absolute Gasteiger partial charge is 0.287 e. The van der Waals surface area contributed by atoms with Crippen LogP contribution in [0.25, 0.3) is 0 Å². The summed E-state index contributed by atoms with van der Waals surface area (Å²) < 4.78 is 11.5. The third-order valence-corrected chi connectivity index (χ3v) is 6.25. The summed E-state index contributed by atoms with van der Waals surface area (Å²) in [4.78, 5) is 20.2. The molecule has 0 radical (unpaired) electrons. The third kappa shape index (κ3) is 8.94. The van der Waals surface area contributed by atoms with Gasteiger partial charge in [0.1, 0.15) is 12.0 Å². The minimum atomic E-state index is -0.430. The number of ether oxygens (including phenoxy) is 1. The van der Waals surface area contributed by atoms with E-state index in [1.807, 2.05) is 52.0 Å². The first-order valence-electron chi connectivity index (χ1n) is 12.7. The Morgan fingerprint density at radius 1 is 0.946 bits per heavy atom. The van der Waals surface area contributed by atoms with E-state index in [0.717, 1.165) is 49.0 Å². The molecule has 1 aliphatic rings. The number of rotatable bonds is 8. The Balaban J connectivity index is 0.00000115. The third-order valence-electron chi connectivity index (χ3n) is 5.52. The van der Waals surface area contributed by atoms with Gasteiger partial charge in [-0.2, -0.15) is 0 Å². The molecule has 0 atom stereocenters. The van der Waals surface area contributed by atoms with E-state index >= 15 is 0 Å². The number of pyridine rings is 1. The molecule has 0 unspecified atom stereocenters. The van der Waals surface area contributed by atoms with Crippen molar-refractivity contribution in [1.29, 1.82) is 0 Å². The average molecular weight is 527 g/mol. The van der Waals surface area contributed by atoms with Crippen LogP contribution in [0.2, 0.25) is 0 Å². The van der Waals surface area contributed by atoms with Crippen molar-refractivity contribution in [2.45, 2.75) is 46.1 Å². The number of nitrogens with zero attached hydrogens (tertiary/aromatic N) is 4. The molecule has 37 heavy (non-hydrogen) atoms. The van der Waals surface area contributed by atoms with Gasteiger partial charge in [0.2, 0.25) is 0 Å². The molecule has 2 aromatic carbocycles. The summed E-state index contributed by atoms with van der Waals surface area (Å²) in [6.45, 7) is 14.3. The van der Waals surface area contributed by atoms with Gasteiger partial charge in [0.05, 0.1) is 24.1 Å². The Morgan fingerprint density at radius 3 is 2.19 bits per heavy atom. The molecule has 3 aromatic rings. The van der Waals surface area contributed by atoms with Gasteiger partial charge < -0.3 is 13.8 Å². The van der Waals surface area contributed by atoms with Crippen molar-refractivity contribution in [2.24, 2.45) is 0 Å². The summed E-state index contributed by atoms with van der Waals surface area (Å²) in [5.74, 6) is 2.18. The highest BCUT2D eigenvalue weighted by Crippen LogP contribution is 2.33. The fourth-order valence-corrected chi connectivity index (χ4v) is 4.20. The number of aromatic nitrogens is 1. The van der Waals surface area contributed by atoms with E-state index in [1.54, 1.807) is 13.2 Å². The molecule has 0 amide bonds. The van der Waals surface area contributed by atoms with Crippen LogP contribution in [0.3, 0.4) is 0 Å². The van der Waals surface area contributed by atoms with E-state index in [-0.39, 0.29) is 5.69 Å². The van der Waals surface area contributed by atoms with Gasteiger partial charge in [0, 0.05) is 43.7 Å². The maximum atomic E-state index is 10.8. The lowest BCUT2D eigenvalue weighted by atomic mass is 10.1. The Morgan fingerprint density at radius 2 is 1.62 bits per heavy atom. The predicted molar refractivity (Wildman–Crippen MR) is 152 cm³/mol. The van der Waals surface area contributed by atoms with Crippen molar-refractivity contribution in [2.75, 3.05) is 38.2 Å². The molecule has 0 saturated carbocycles. The van der Waals surface area contributed by atoms with E-state index in [9.17, 15) is 10.1 Å². The molecule has 0 aliphatic carbocycles. The molecule has 0 N–H and O–H groups in total. The molecule has 1 fully saturated rings. The van der Waals surface area contributed by atoms with E-state index in [4.69, 9.17) is 8.92 Å². The van der Waals surface area contributed by atoms with Crippen molar-refractivity contribution in [3.8, 4) is 11.5 Å². The lowest BCUT2D eigenvalue weighted by Gasteiger charge is -2.35. The Bertz CT molecular complexity index is 1090. The van der Waals surface area contributed by atoms with Gasteiger partial charge >= 0.3 is 0 Å². The monoisotopic (exact) mass is 526 g/mol. The van der Waals surface area contributed by atoms with Crippen molar-refractivity contribution in [1.82, 2.24) is 9.88 Å². The van der Waals surface area contributed by atoms with E-state index in [2.05, 4.69) is 39.9 Å². The minimum Gasteiger partial charge on any atom is -0.493 e. The Labute approximate surface area is 225 Å². The van der Waals surface area contributed by atoms with Gasteiger partial charge in [-0.15, -0.1) is 0 Å². The summed E-state index contributed by atoms with van der Waals surface area (Å²) in [5.41, 5.74) is 2.38. The molecule has 4 rings (SSSR count). The number of hydrogen-bond donors (Lipinski definition) is 0. The highest BCUT2D eigenvalue weighted by atomic mass is 32.2. The van der Waals surface area contributed by atoms with Crippen LogP contribution in [-0.2, 0) is 6.54 Å². The van der Waals surface area contributed by atoms with Gasteiger partial charge in [-0.3, -0.25) is 15.0 Å². The Kier molecular flexibility index (Phi) is 12.7. The number of anilines is 1. The molecule has 8 nitrogen and oxygen atoms in total. The number of piperazine rings is 1. The number of hydrogen-bond acceptors (Lipinski definition) is 8. The van der Waals surface area contributed by atoms with Crippen LogP contribution in [0.5, 0.6) is 11.5 Å². The summed E-state index contributed by atoms with van der Waals surface area (Å²) in [7, 11) is 1.65. The number of nitro groups is 1. The van der Waals surface area contributed by atoms with E-state index in [0.29, 0.717) is 11.5 Å². The van der Waals surface area contributed by atoms with Crippen molar-refractivity contribution in [3.05, 3.63) is 82.0 Å². The zero-order valence-corrected chi connectivity index (χ0v) is 23.5. The molecule has 9 heteroatoms. The average Bonchev–Trinajstić information content (AvgIpc) is 2.96. The first-order chi connectivity index (χ1) is 18.0. The lowest BCUT2D eigenvalue weighted by Crippen LogP contribution is -2.46. The predicted octanol–water partition coefficient (Wildman–Crippen LogP) is 6.77. The molecule has 1 saturated heterocycles. The first kappa shape index (κ1) is 29.9. The van der Waals surface area contributed by atoms with Crippen molar-refractivity contribution < 1.29 is 13.8 Å². The molecule has 1 aliphatic heterocycles. The zero-order chi connectivity index (χ0) is 27.2. The molecule has 0 bridgehead atoms. The van der Waals surface area contributed by atoms with Crippen molar-refractivity contribution in [3.63, 3.8) is 0 Å². The fourth-order valence-electron chi connectivity index (χ4n) is 3.63. The maximum absolute atomic E-state index is 10.8. The fraction of sp³-hybridized carbons (Fsp3) is 0.393. The SMILES string of the molecule is CC.CC.COc1cc(CN2CCN(c3ccc([N+](=O)[O-])cn3)CC2)ccc1OSc1ccc(C)cc1. The van der Waals surface area contributed by atoms with Gasteiger partial charge in [0.15, 0.2) is 11.5 Å². The van der Waals surface area contributed by atoms with Crippen molar-refractivity contribution >= 4 is 23.5 Å². The number of aryl methyl sites for hydroxylation is 1. The summed E-state index contributed by atoms with van der Waals surface area (Å²) in [6, 6.07) is 17.4.